The lowest BCUT2D eigenvalue weighted by molar-refractivity contribution is 0.0600. The molecule has 1 aromatic rings. The third-order valence-electron chi connectivity index (χ3n) is 2.47. The Kier molecular flexibility index (Phi) is 4.03. The van der Waals surface area contributed by atoms with E-state index >= 15 is 0 Å². The molecule has 0 radical (unpaired) electrons. The van der Waals surface area contributed by atoms with Gasteiger partial charge in [-0.05, 0) is 23.6 Å². The first-order chi connectivity index (χ1) is 7.69. The number of nitriles is 1. The molecule has 0 saturated carbocycles. The zero-order valence-electron chi connectivity index (χ0n) is 9.28. The second kappa shape index (κ2) is 5.29. The molecule has 0 aliphatic carbocycles. The van der Waals surface area contributed by atoms with Crippen LogP contribution in [0.25, 0.3) is 0 Å². The van der Waals surface area contributed by atoms with Gasteiger partial charge in [0.25, 0.3) is 0 Å². The number of carbonyl (C=O) groups is 1. The monoisotopic (exact) mass is 219 g/mol. The SMILES string of the molecule is CCc1ccc(C(=O)OC)c(C#N)c1CO. The van der Waals surface area contributed by atoms with Crippen LogP contribution in [0.5, 0.6) is 0 Å². The third kappa shape index (κ3) is 2.05. The largest absolute Gasteiger partial charge is 0.465 e. The third-order valence-corrected chi connectivity index (χ3v) is 2.47. The fourth-order valence-corrected chi connectivity index (χ4v) is 1.61. The van der Waals surface area contributed by atoms with Gasteiger partial charge in [-0.25, -0.2) is 4.79 Å². The lowest BCUT2D eigenvalue weighted by atomic mass is 9.95. The lowest BCUT2D eigenvalue weighted by Crippen LogP contribution is -2.08. The summed E-state index contributed by atoms with van der Waals surface area (Å²) in [6, 6.07) is 5.24. The highest BCUT2D eigenvalue weighted by atomic mass is 16.5. The summed E-state index contributed by atoms with van der Waals surface area (Å²) < 4.78 is 4.58. The molecule has 1 N–H and O–H groups in total. The predicted molar refractivity (Wildman–Crippen MR) is 57.8 cm³/mol. The quantitative estimate of drug-likeness (QED) is 0.780. The van der Waals surface area contributed by atoms with E-state index in [1.165, 1.54) is 7.11 Å². The lowest BCUT2D eigenvalue weighted by Gasteiger charge is -2.10. The van der Waals surface area contributed by atoms with Crippen molar-refractivity contribution in [3.63, 3.8) is 0 Å². The van der Waals surface area contributed by atoms with Gasteiger partial charge in [-0.15, -0.1) is 0 Å². The van der Waals surface area contributed by atoms with Crippen molar-refractivity contribution in [1.82, 2.24) is 0 Å². The van der Waals surface area contributed by atoms with Gasteiger partial charge in [0.15, 0.2) is 0 Å². The summed E-state index contributed by atoms with van der Waals surface area (Å²) >= 11 is 0. The van der Waals surface area contributed by atoms with Crippen molar-refractivity contribution in [2.45, 2.75) is 20.0 Å². The summed E-state index contributed by atoms with van der Waals surface area (Å²) in [5.41, 5.74) is 1.78. The van der Waals surface area contributed by atoms with Crippen LogP contribution in [0.4, 0.5) is 0 Å². The van der Waals surface area contributed by atoms with Crippen molar-refractivity contribution in [2.75, 3.05) is 7.11 Å². The van der Waals surface area contributed by atoms with E-state index in [4.69, 9.17) is 5.26 Å². The van der Waals surface area contributed by atoms with E-state index in [1.807, 2.05) is 13.0 Å². The molecule has 1 rings (SSSR count). The molecule has 4 nitrogen and oxygen atoms in total. The molecule has 0 aliphatic rings. The summed E-state index contributed by atoms with van der Waals surface area (Å²) in [7, 11) is 1.26. The number of esters is 1. The van der Waals surface area contributed by atoms with Crippen LogP contribution in [0.15, 0.2) is 12.1 Å². The number of nitrogens with zero attached hydrogens (tertiary/aromatic N) is 1. The summed E-state index contributed by atoms with van der Waals surface area (Å²) in [6.45, 7) is 1.67. The highest BCUT2D eigenvalue weighted by Gasteiger charge is 2.17. The molecule has 0 atom stereocenters. The van der Waals surface area contributed by atoms with E-state index in [9.17, 15) is 9.90 Å². The average Bonchev–Trinajstić information content (AvgIpc) is 2.35. The van der Waals surface area contributed by atoms with E-state index < -0.39 is 5.97 Å². The Labute approximate surface area is 94.1 Å². The molecular formula is C12H13NO3. The minimum Gasteiger partial charge on any atom is -0.465 e. The molecule has 0 spiro atoms. The maximum absolute atomic E-state index is 11.4. The molecule has 0 aliphatic heterocycles. The molecule has 0 fully saturated rings. The van der Waals surface area contributed by atoms with Gasteiger partial charge < -0.3 is 9.84 Å². The molecule has 1 aromatic carbocycles. The van der Waals surface area contributed by atoms with E-state index in [1.54, 1.807) is 12.1 Å². The molecule has 0 saturated heterocycles. The molecule has 4 heteroatoms. The van der Waals surface area contributed by atoms with Gasteiger partial charge in [0.2, 0.25) is 0 Å². The van der Waals surface area contributed by atoms with Gasteiger partial charge in [0.1, 0.15) is 6.07 Å². The normalized spacial score (nSPS) is 9.62. The van der Waals surface area contributed by atoms with Crippen molar-refractivity contribution < 1.29 is 14.6 Å². The number of rotatable bonds is 3. The second-order valence-corrected chi connectivity index (χ2v) is 3.24. The Bertz CT molecular complexity index is 446. The molecular weight excluding hydrogens is 206 g/mol. The molecule has 84 valence electrons. The number of aliphatic hydroxyl groups is 1. The zero-order chi connectivity index (χ0) is 12.1. The number of benzene rings is 1. The summed E-state index contributed by atoms with van der Waals surface area (Å²) in [5, 5.41) is 18.3. The molecule has 0 amide bonds. The minimum absolute atomic E-state index is 0.200. The van der Waals surface area contributed by atoms with E-state index in [2.05, 4.69) is 4.74 Å². The first kappa shape index (κ1) is 12.2. The predicted octanol–water partition coefficient (Wildman–Crippen LogP) is 1.40. The number of carbonyl (C=O) groups excluding carboxylic acids is 1. The minimum atomic E-state index is -0.561. The number of ether oxygens (including phenoxy) is 1. The maximum atomic E-state index is 11.4. The summed E-state index contributed by atoms with van der Waals surface area (Å²) in [5.74, 6) is -0.561. The van der Waals surface area contributed by atoms with Crippen molar-refractivity contribution in [3.05, 3.63) is 34.4 Å². The van der Waals surface area contributed by atoms with Crippen LogP contribution in [-0.4, -0.2) is 18.2 Å². The van der Waals surface area contributed by atoms with Gasteiger partial charge in [0.05, 0.1) is 24.8 Å². The molecule has 16 heavy (non-hydrogen) atoms. The molecule has 0 unspecified atom stereocenters. The first-order valence-electron chi connectivity index (χ1n) is 4.93. The van der Waals surface area contributed by atoms with Crippen LogP contribution in [0.1, 0.15) is 34.0 Å². The molecule has 0 heterocycles. The Morgan fingerprint density at radius 3 is 2.69 bits per heavy atom. The highest BCUT2D eigenvalue weighted by Crippen LogP contribution is 2.20. The Morgan fingerprint density at radius 2 is 2.25 bits per heavy atom. The average molecular weight is 219 g/mol. The fourth-order valence-electron chi connectivity index (χ4n) is 1.61. The number of methoxy groups -OCH3 is 1. The number of hydrogen-bond acceptors (Lipinski definition) is 4. The number of aryl methyl sites for hydroxylation is 1. The maximum Gasteiger partial charge on any atom is 0.339 e. The van der Waals surface area contributed by atoms with Crippen LogP contribution in [-0.2, 0) is 17.8 Å². The Morgan fingerprint density at radius 1 is 1.56 bits per heavy atom. The number of hydrogen-bond donors (Lipinski definition) is 1. The van der Waals surface area contributed by atoms with Gasteiger partial charge in [-0.1, -0.05) is 13.0 Å². The second-order valence-electron chi connectivity index (χ2n) is 3.24. The van der Waals surface area contributed by atoms with Gasteiger partial charge >= 0.3 is 5.97 Å². The van der Waals surface area contributed by atoms with Crippen molar-refractivity contribution in [2.24, 2.45) is 0 Å². The van der Waals surface area contributed by atoms with Crippen LogP contribution in [0, 0.1) is 11.3 Å². The highest BCUT2D eigenvalue weighted by molar-refractivity contribution is 5.92. The van der Waals surface area contributed by atoms with Crippen molar-refractivity contribution >= 4 is 5.97 Å². The smallest absolute Gasteiger partial charge is 0.339 e. The van der Waals surface area contributed by atoms with Gasteiger partial charge in [0, 0.05) is 0 Å². The van der Waals surface area contributed by atoms with Crippen LogP contribution in [0.2, 0.25) is 0 Å². The zero-order valence-corrected chi connectivity index (χ0v) is 9.28. The van der Waals surface area contributed by atoms with Gasteiger partial charge in [-0.3, -0.25) is 0 Å². The standard InChI is InChI=1S/C12H13NO3/c1-3-8-4-5-9(12(15)16-2)10(6-13)11(8)7-14/h4-5,14H,3,7H2,1-2H3. The van der Waals surface area contributed by atoms with E-state index in [-0.39, 0.29) is 17.7 Å². The summed E-state index contributed by atoms with van der Waals surface area (Å²) in [6.07, 6.45) is 0.700. The van der Waals surface area contributed by atoms with Crippen molar-refractivity contribution in [3.8, 4) is 6.07 Å². The van der Waals surface area contributed by atoms with Crippen molar-refractivity contribution in [1.29, 1.82) is 5.26 Å². The fraction of sp³-hybridized carbons (Fsp3) is 0.333. The van der Waals surface area contributed by atoms with Crippen LogP contribution < -0.4 is 0 Å². The topological polar surface area (TPSA) is 70.3 Å². The Balaban J connectivity index is 3.45. The van der Waals surface area contributed by atoms with E-state index in [0.717, 1.165) is 5.56 Å². The number of aliphatic hydroxyl groups excluding tert-OH is 1. The summed E-state index contributed by atoms with van der Waals surface area (Å²) in [4.78, 5) is 11.4. The van der Waals surface area contributed by atoms with Crippen LogP contribution in [0.3, 0.4) is 0 Å². The first-order valence-corrected chi connectivity index (χ1v) is 4.93. The molecule has 0 aromatic heterocycles. The molecule has 0 bridgehead atoms. The van der Waals surface area contributed by atoms with Gasteiger partial charge in [-0.2, -0.15) is 5.26 Å². The van der Waals surface area contributed by atoms with Crippen LogP contribution >= 0.6 is 0 Å². The van der Waals surface area contributed by atoms with E-state index in [0.29, 0.717) is 12.0 Å². The Hall–Kier alpha value is -1.86.